The summed E-state index contributed by atoms with van der Waals surface area (Å²) < 4.78 is 1.03. The summed E-state index contributed by atoms with van der Waals surface area (Å²) in [7, 11) is 0. The van der Waals surface area contributed by atoms with Gasteiger partial charge in [-0.05, 0) is 61.4 Å². The number of rotatable bonds is 4. The van der Waals surface area contributed by atoms with Gasteiger partial charge in [0.25, 0.3) is 0 Å². The number of nitriles is 1. The van der Waals surface area contributed by atoms with Crippen LogP contribution in [0.2, 0.25) is 0 Å². The predicted octanol–water partition coefficient (Wildman–Crippen LogP) is 4.61. The van der Waals surface area contributed by atoms with Crippen molar-refractivity contribution in [3.63, 3.8) is 0 Å². The summed E-state index contributed by atoms with van der Waals surface area (Å²) in [5, 5.41) is 15.2. The van der Waals surface area contributed by atoms with Gasteiger partial charge in [-0.15, -0.1) is 0 Å². The molecule has 0 spiro atoms. The van der Waals surface area contributed by atoms with E-state index in [1.807, 2.05) is 26.0 Å². The first-order valence-corrected chi connectivity index (χ1v) is 8.34. The maximum absolute atomic E-state index is 8.84. The summed E-state index contributed by atoms with van der Waals surface area (Å²) in [6.45, 7) is 4.05. The molecule has 0 radical (unpaired) electrons. The molecule has 0 aliphatic carbocycles. The molecule has 0 saturated heterocycles. The number of benzene rings is 2. The van der Waals surface area contributed by atoms with E-state index in [4.69, 9.17) is 5.26 Å². The second-order valence-electron chi connectivity index (χ2n) is 5.49. The molecule has 1 heterocycles. The summed E-state index contributed by atoms with van der Waals surface area (Å²) in [4.78, 5) is 12.7. The van der Waals surface area contributed by atoms with Crippen molar-refractivity contribution in [3.05, 3.63) is 63.9 Å². The molecule has 2 N–H and O–H groups in total. The quantitative estimate of drug-likeness (QED) is 0.671. The number of halogens is 1. The van der Waals surface area contributed by atoms with Gasteiger partial charge in [0.05, 0.1) is 11.6 Å². The fourth-order valence-electron chi connectivity index (χ4n) is 2.39. The van der Waals surface area contributed by atoms with E-state index in [1.54, 1.807) is 24.3 Å². The van der Waals surface area contributed by atoms with Crippen LogP contribution in [-0.4, -0.2) is 15.0 Å². The molecule has 0 atom stereocenters. The number of aryl methyl sites for hydroxylation is 2. The first-order valence-electron chi connectivity index (χ1n) is 7.55. The summed E-state index contributed by atoms with van der Waals surface area (Å²) in [5.74, 6) is 0.884. The van der Waals surface area contributed by atoms with E-state index in [9.17, 15) is 0 Å². The van der Waals surface area contributed by atoms with Crippen molar-refractivity contribution >= 4 is 39.2 Å². The lowest BCUT2D eigenvalue weighted by Gasteiger charge is -2.12. The van der Waals surface area contributed by atoms with Crippen LogP contribution in [0.25, 0.3) is 0 Å². The zero-order valence-corrected chi connectivity index (χ0v) is 15.3. The lowest BCUT2D eigenvalue weighted by Crippen LogP contribution is -2.04. The Morgan fingerprint density at radius 1 is 0.960 bits per heavy atom. The Kier molecular flexibility index (Phi) is 4.91. The van der Waals surface area contributed by atoms with Crippen LogP contribution in [-0.2, 0) is 0 Å². The normalized spacial score (nSPS) is 10.2. The summed E-state index contributed by atoms with van der Waals surface area (Å²) in [6.07, 6.45) is 1.45. The second kappa shape index (κ2) is 7.28. The summed E-state index contributed by atoms with van der Waals surface area (Å²) in [5.41, 5.74) is 4.55. The minimum atomic E-state index is 0.426. The van der Waals surface area contributed by atoms with Gasteiger partial charge in [-0.1, -0.05) is 15.9 Å². The van der Waals surface area contributed by atoms with E-state index >= 15 is 0 Å². The zero-order valence-electron chi connectivity index (χ0n) is 13.7. The van der Waals surface area contributed by atoms with E-state index in [2.05, 4.69) is 47.6 Å². The molecule has 7 heteroatoms. The van der Waals surface area contributed by atoms with Crippen LogP contribution in [0.15, 0.2) is 47.2 Å². The number of hydrogen-bond acceptors (Lipinski definition) is 6. The topological polar surface area (TPSA) is 86.5 Å². The Labute approximate surface area is 154 Å². The van der Waals surface area contributed by atoms with Crippen LogP contribution >= 0.6 is 15.9 Å². The van der Waals surface area contributed by atoms with Crippen LogP contribution in [0.5, 0.6) is 0 Å². The Morgan fingerprint density at radius 2 is 1.56 bits per heavy atom. The van der Waals surface area contributed by atoms with Crippen molar-refractivity contribution in [2.75, 3.05) is 10.6 Å². The predicted molar refractivity (Wildman–Crippen MR) is 101 cm³/mol. The first-order chi connectivity index (χ1) is 12.0. The highest BCUT2D eigenvalue weighted by Gasteiger charge is 2.08. The van der Waals surface area contributed by atoms with Crippen LogP contribution in [0.3, 0.4) is 0 Å². The molecule has 0 aliphatic rings. The molecule has 0 amide bonds. The highest BCUT2D eigenvalue weighted by molar-refractivity contribution is 9.10. The molecule has 0 fully saturated rings. The molecular weight excluding hydrogens is 380 g/mol. The third-order valence-corrected chi connectivity index (χ3v) is 4.03. The molecule has 1 aromatic heterocycles. The summed E-state index contributed by atoms with van der Waals surface area (Å²) >= 11 is 3.49. The molecule has 2 aromatic carbocycles. The Bertz CT molecular complexity index is 924. The standard InChI is InChI=1S/C18H15BrN6/c1-11-7-14(19)8-12(2)16(11)24-18-22-10-21-17(25-18)23-15-5-3-13(9-20)4-6-15/h3-8,10H,1-2H3,(H2,21,22,23,24,25). The van der Waals surface area contributed by atoms with Gasteiger partial charge < -0.3 is 10.6 Å². The van der Waals surface area contributed by atoms with E-state index in [0.717, 1.165) is 27.0 Å². The maximum Gasteiger partial charge on any atom is 0.232 e. The molecule has 3 aromatic rings. The van der Waals surface area contributed by atoms with Gasteiger partial charge in [0.2, 0.25) is 11.9 Å². The molecular formula is C18H15BrN6. The zero-order chi connectivity index (χ0) is 17.8. The Morgan fingerprint density at radius 3 is 2.16 bits per heavy atom. The number of nitrogens with one attached hydrogen (secondary N) is 2. The molecule has 0 unspecified atom stereocenters. The third-order valence-electron chi connectivity index (χ3n) is 3.58. The van der Waals surface area contributed by atoms with Crippen LogP contribution < -0.4 is 10.6 Å². The van der Waals surface area contributed by atoms with Gasteiger partial charge in [0, 0.05) is 15.8 Å². The maximum atomic E-state index is 8.84. The lowest BCUT2D eigenvalue weighted by molar-refractivity contribution is 1.06. The molecule has 124 valence electrons. The molecule has 0 bridgehead atoms. The fraction of sp³-hybridized carbons (Fsp3) is 0.111. The van der Waals surface area contributed by atoms with Crippen molar-refractivity contribution in [2.45, 2.75) is 13.8 Å². The number of aromatic nitrogens is 3. The first kappa shape index (κ1) is 16.9. The van der Waals surface area contributed by atoms with Gasteiger partial charge >= 0.3 is 0 Å². The van der Waals surface area contributed by atoms with Gasteiger partial charge in [0.1, 0.15) is 6.33 Å². The van der Waals surface area contributed by atoms with Gasteiger partial charge in [-0.25, -0.2) is 9.97 Å². The SMILES string of the molecule is Cc1cc(Br)cc(C)c1Nc1ncnc(Nc2ccc(C#N)cc2)n1. The number of nitrogens with zero attached hydrogens (tertiary/aromatic N) is 4. The Balaban J connectivity index is 1.81. The molecule has 0 saturated carbocycles. The van der Waals surface area contributed by atoms with Gasteiger partial charge in [0.15, 0.2) is 0 Å². The second-order valence-corrected chi connectivity index (χ2v) is 6.40. The highest BCUT2D eigenvalue weighted by atomic mass is 79.9. The number of anilines is 4. The van der Waals surface area contributed by atoms with Gasteiger partial charge in [-0.3, -0.25) is 0 Å². The molecule has 0 aliphatic heterocycles. The molecule has 6 nitrogen and oxygen atoms in total. The smallest absolute Gasteiger partial charge is 0.232 e. The number of hydrogen-bond donors (Lipinski definition) is 2. The van der Waals surface area contributed by atoms with Crippen LogP contribution in [0.1, 0.15) is 16.7 Å². The van der Waals surface area contributed by atoms with Crippen molar-refractivity contribution in [1.29, 1.82) is 5.26 Å². The van der Waals surface area contributed by atoms with Crippen molar-refractivity contribution in [2.24, 2.45) is 0 Å². The fourth-order valence-corrected chi connectivity index (χ4v) is 3.08. The lowest BCUT2D eigenvalue weighted by atomic mass is 10.1. The van der Waals surface area contributed by atoms with E-state index in [-0.39, 0.29) is 0 Å². The molecule has 3 rings (SSSR count). The van der Waals surface area contributed by atoms with Crippen LogP contribution in [0, 0.1) is 25.2 Å². The largest absolute Gasteiger partial charge is 0.324 e. The monoisotopic (exact) mass is 394 g/mol. The average molecular weight is 395 g/mol. The van der Waals surface area contributed by atoms with E-state index in [0.29, 0.717) is 17.5 Å². The average Bonchev–Trinajstić information content (AvgIpc) is 2.59. The third kappa shape index (κ3) is 4.11. The summed E-state index contributed by atoms with van der Waals surface area (Å²) in [6, 6.07) is 13.2. The minimum Gasteiger partial charge on any atom is -0.324 e. The van der Waals surface area contributed by atoms with Crippen molar-refractivity contribution < 1.29 is 0 Å². The van der Waals surface area contributed by atoms with E-state index < -0.39 is 0 Å². The molecule has 25 heavy (non-hydrogen) atoms. The van der Waals surface area contributed by atoms with E-state index in [1.165, 1.54) is 6.33 Å². The van der Waals surface area contributed by atoms with Gasteiger partial charge in [-0.2, -0.15) is 10.2 Å². The van der Waals surface area contributed by atoms with Crippen molar-refractivity contribution in [3.8, 4) is 6.07 Å². The van der Waals surface area contributed by atoms with Crippen molar-refractivity contribution in [1.82, 2.24) is 15.0 Å². The minimum absolute atomic E-state index is 0.426. The van der Waals surface area contributed by atoms with Crippen LogP contribution in [0.4, 0.5) is 23.3 Å². The Hall–Kier alpha value is -2.98. The highest BCUT2D eigenvalue weighted by Crippen LogP contribution is 2.27.